The zero-order valence-electron chi connectivity index (χ0n) is 10.3. The molecular formula is C14H19FN2O. The summed E-state index contributed by atoms with van der Waals surface area (Å²) in [7, 11) is 0. The molecule has 1 aliphatic carbocycles. The van der Waals surface area contributed by atoms with E-state index in [1.54, 1.807) is 6.07 Å². The minimum Gasteiger partial charge on any atom is -0.396 e. The van der Waals surface area contributed by atoms with Gasteiger partial charge in [0.1, 0.15) is 5.82 Å². The van der Waals surface area contributed by atoms with Crippen molar-refractivity contribution in [3.05, 3.63) is 29.6 Å². The summed E-state index contributed by atoms with van der Waals surface area (Å²) in [5.74, 6) is 0.703. The van der Waals surface area contributed by atoms with E-state index in [9.17, 15) is 9.50 Å². The molecule has 1 aliphatic heterocycles. The second-order valence-electron chi connectivity index (χ2n) is 5.62. The maximum absolute atomic E-state index is 13.4. The maximum Gasteiger partial charge on any atom is 0.146 e. The van der Waals surface area contributed by atoms with Crippen molar-refractivity contribution in [3.8, 4) is 0 Å². The lowest BCUT2D eigenvalue weighted by molar-refractivity contribution is 0.123. The van der Waals surface area contributed by atoms with Gasteiger partial charge in [-0.05, 0) is 36.5 Å². The monoisotopic (exact) mass is 250 g/mol. The molecule has 4 heteroatoms. The highest BCUT2D eigenvalue weighted by Gasteiger charge is 2.41. The largest absolute Gasteiger partial charge is 0.396 e. The van der Waals surface area contributed by atoms with Crippen LogP contribution < -0.4 is 5.73 Å². The summed E-state index contributed by atoms with van der Waals surface area (Å²) in [6, 6.07) is 5.01. The molecule has 1 aromatic rings. The van der Waals surface area contributed by atoms with Crippen molar-refractivity contribution in [3.63, 3.8) is 0 Å². The third-order valence-corrected chi connectivity index (χ3v) is 4.37. The van der Waals surface area contributed by atoms with Crippen molar-refractivity contribution in [2.45, 2.75) is 25.5 Å². The van der Waals surface area contributed by atoms with Gasteiger partial charge in [0, 0.05) is 25.6 Å². The summed E-state index contributed by atoms with van der Waals surface area (Å²) in [6.07, 6.45) is 1.93. The number of nitrogens with zero attached hydrogens (tertiary/aromatic N) is 1. The minimum atomic E-state index is -0.341. The lowest BCUT2D eigenvalue weighted by Crippen LogP contribution is -2.24. The molecule has 1 saturated carbocycles. The van der Waals surface area contributed by atoms with Crippen molar-refractivity contribution < 1.29 is 9.50 Å². The molecule has 2 fully saturated rings. The van der Waals surface area contributed by atoms with Crippen LogP contribution in [0.15, 0.2) is 18.2 Å². The van der Waals surface area contributed by atoms with E-state index in [1.165, 1.54) is 6.07 Å². The van der Waals surface area contributed by atoms with Crippen LogP contribution in [-0.4, -0.2) is 29.2 Å². The van der Waals surface area contributed by atoms with Crippen LogP contribution in [0.3, 0.4) is 0 Å². The zero-order valence-corrected chi connectivity index (χ0v) is 10.3. The van der Waals surface area contributed by atoms with Crippen LogP contribution in [0.25, 0.3) is 0 Å². The molecule has 3 unspecified atom stereocenters. The van der Waals surface area contributed by atoms with Crippen LogP contribution in [0.2, 0.25) is 0 Å². The highest BCUT2D eigenvalue weighted by Crippen LogP contribution is 2.38. The van der Waals surface area contributed by atoms with Gasteiger partial charge < -0.3 is 10.8 Å². The third-order valence-electron chi connectivity index (χ3n) is 4.37. The Balaban J connectivity index is 1.66. The molecule has 18 heavy (non-hydrogen) atoms. The van der Waals surface area contributed by atoms with Gasteiger partial charge in [-0.3, -0.25) is 4.90 Å². The van der Waals surface area contributed by atoms with Crippen LogP contribution in [0.5, 0.6) is 0 Å². The molecule has 0 radical (unpaired) electrons. The Kier molecular flexibility index (Phi) is 2.99. The predicted molar refractivity (Wildman–Crippen MR) is 68.3 cm³/mol. The van der Waals surface area contributed by atoms with E-state index in [0.29, 0.717) is 11.8 Å². The Labute approximate surface area is 106 Å². The first-order valence-corrected chi connectivity index (χ1v) is 6.58. The summed E-state index contributed by atoms with van der Waals surface area (Å²) in [5.41, 5.74) is 6.62. The molecule has 3 rings (SSSR count). The molecule has 0 spiro atoms. The average molecular weight is 250 g/mol. The Bertz CT molecular complexity index is 451. The molecule has 3 nitrogen and oxygen atoms in total. The number of rotatable bonds is 2. The Hall–Kier alpha value is -1.13. The number of aliphatic hydroxyl groups is 1. The fourth-order valence-corrected chi connectivity index (χ4v) is 3.39. The van der Waals surface area contributed by atoms with Gasteiger partial charge in [-0.2, -0.15) is 0 Å². The van der Waals surface area contributed by atoms with Gasteiger partial charge in [0.05, 0.1) is 11.8 Å². The highest BCUT2D eigenvalue weighted by atomic mass is 19.1. The molecule has 3 N–H and O–H groups in total. The van der Waals surface area contributed by atoms with Gasteiger partial charge in [0.2, 0.25) is 0 Å². The highest BCUT2D eigenvalue weighted by molar-refractivity contribution is 5.41. The topological polar surface area (TPSA) is 49.5 Å². The van der Waals surface area contributed by atoms with Crippen LogP contribution in [-0.2, 0) is 6.54 Å². The van der Waals surface area contributed by atoms with E-state index in [4.69, 9.17) is 5.73 Å². The van der Waals surface area contributed by atoms with Crippen LogP contribution >= 0.6 is 0 Å². The maximum atomic E-state index is 13.4. The van der Waals surface area contributed by atoms with Gasteiger partial charge in [0.25, 0.3) is 0 Å². The van der Waals surface area contributed by atoms with Gasteiger partial charge >= 0.3 is 0 Å². The van der Waals surface area contributed by atoms with E-state index in [-0.39, 0.29) is 17.6 Å². The molecular weight excluding hydrogens is 231 g/mol. The van der Waals surface area contributed by atoms with Crippen molar-refractivity contribution in [1.82, 2.24) is 4.90 Å². The second-order valence-corrected chi connectivity index (χ2v) is 5.62. The van der Waals surface area contributed by atoms with Crippen LogP contribution in [0, 0.1) is 17.7 Å². The molecule has 1 heterocycles. The first-order chi connectivity index (χ1) is 8.63. The van der Waals surface area contributed by atoms with E-state index < -0.39 is 0 Å². The first kappa shape index (κ1) is 11.9. The molecule has 3 atom stereocenters. The summed E-state index contributed by atoms with van der Waals surface area (Å²) in [4.78, 5) is 2.31. The van der Waals surface area contributed by atoms with E-state index in [1.807, 2.05) is 6.07 Å². The fraction of sp³-hybridized carbons (Fsp3) is 0.571. The standard InChI is InChI=1S/C14H19FN2O/c15-12-5-9(1-3-13(12)16)6-17-7-10-2-4-14(18)11(10)8-17/h1,3,5,10-11,14,18H,2,4,6-8,16H2. The molecule has 1 aromatic carbocycles. The third kappa shape index (κ3) is 2.10. The van der Waals surface area contributed by atoms with Gasteiger partial charge in [-0.15, -0.1) is 0 Å². The summed E-state index contributed by atoms with van der Waals surface area (Å²) >= 11 is 0. The van der Waals surface area contributed by atoms with E-state index >= 15 is 0 Å². The molecule has 0 bridgehead atoms. The summed E-state index contributed by atoms with van der Waals surface area (Å²) in [5, 5.41) is 9.86. The van der Waals surface area contributed by atoms with Crippen molar-refractivity contribution in [1.29, 1.82) is 0 Å². The van der Waals surface area contributed by atoms with Crippen molar-refractivity contribution in [2.24, 2.45) is 11.8 Å². The molecule has 1 saturated heterocycles. The average Bonchev–Trinajstić information content (AvgIpc) is 2.87. The van der Waals surface area contributed by atoms with Gasteiger partial charge in [-0.1, -0.05) is 6.07 Å². The van der Waals surface area contributed by atoms with Crippen LogP contribution in [0.4, 0.5) is 10.1 Å². The summed E-state index contributed by atoms with van der Waals surface area (Å²) in [6.45, 7) is 2.70. The number of aliphatic hydroxyl groups excluding tert-OH is 1. The number of benzene rings is 1. The lowest BCUT2D eigenvalue weighted by Gasteiger charge is -2.18. The Morgan fingerprint density at radius 3 is 2.89 bits per heavy atom. The number of nitrogens with two attached hydrogens (primary N) is 1. The van der Waals surface area contributed by atoms with Crippen molar-refractivity contribution >= 4 is 5.69 Å². The second kappa shape index (κ2) is 4.52. The Morgan fingerprint density at radius 2 is 2.17 bits per heavy atom. The first-order valence-electron chi connectivity index (χ1n) is 6.58. The number of fused-ring (bicyclic) bond motifs is 1. The van der Waals surface area contributed by atoms with E-state index in [2.05, 4.69) is 4.90 Å². The molecule has 2 aliphatic rings. The molecule has 0 amide bonds. The number of nitrogen functional groups attached to an aromatic ring is 1. The van der Waals surface area contributed by atoms with E-state index in [0.717, 1.165) is 38.0 Å². The quantitative estimate of drug-likeness (QED) is 0.784. The predicted octanol–water partition coefficient (Wildman–Crippen LogP) is 1.61. The molecule has 98 valence electrons. The minimum absolute atomic E-state index is 0.136. The Morgan fingerprint density at radius 1 is 1.33 bits per heavy atom. The van der Waals surface area contributed by atoms with Gasteiger partial charge in [0.15, 0.2) is 0 Å². The van der Waals surface area contributed by atoms with Crippen LogP contribution in [0.1, 0.15) is 18.4 Å². The lowest BCUT2D eigenvalue weighted by atomic mass is 10.00. The summed E-state index contributed by atoms with van der Waals surface area (Å²) < 4.78 is 13.4. The normalized spacial score (nSPS) is 31.8. The number of halogens is 1. The SMILES string of the molecule is Nc1ccc(CN2CC3CCC(O)C3C2)cc1F. The number of anilines is 1. The fourth-order valence-electron chi connectivity index (χ4n) is 3.39. The van der Waals surface area contributed by atoms with Gasteiger partial charge in [-0.25, -0.2) is 4.39 Å². The molecule has 0 aromatic heterocycles. The number of hydrogen-bond donors (Lipinski definition) is 2. The zero-order chi connectivity index (χ0) is 12.7. The van der Waals surface area contributed by atoms with Crippen molar-refractivity contribution in [2.75, 3.05) is 18.8 Å². The number of likely N-dealkylation sites (tertiary alicyclic amines) is 1. The smallest absolute Gasteiger partial charge is 0.146 e. The number of hydrogen-bond acceptors (Lipinski definition) is 3.